The molecule has 0 heterocycles. The number of rotatable bonds is 3. The SMILES string of the molecule is CN(CCCl)[Si](C)(C)C. The van der Waals surface area contributed by atoms with Crippen LogP contribution in [0.3, 0.4) is 0 Å². The maximum Gasteiger partial charge on any atom is 0.118 e. The minimum atomic E-state index is -1.03. The number of nitrogens with zero attached hydrogens (tertiary/aromatic N) is 1. The predicted molar refractivity (Wildman–Crippen MR) is 46.7 cm³/mol. The van der Waals surface area contributed by atoms with Crippen molar-refractivity contribution < 1.29 is 0 Å². The highest BCUT2D eigenvalue weighted by Gasteiger charge is 2.18. The van der Waals surface area contributed by atoms with E-state index in [2.05, 4.69) is 31.3 Å². The van der Waals surface area contributed by atoms with Crippen molar-refractivity contribution in [3.8, 4) is 0 Å². The first-order valence-corrected chi connectivity index (χ1v) is 7.24. The van der Waals surface area contributed by atoms with Crippen molar-refractivity contribution in [2.45, 2.75) is 19.6 Å². The average molecular weight is 166 g/mol. The summed E-state index contributed by atoms with van der Waals surface area (Å²) in [5.74, 6) is 0.751. The van der Waals surface area contributed by atoms with Gasteiger partial charge in [0.25, 0.3) is 0 Å². The van der Waals surface area contributed by atoms with Crippen molar-refractivity contribution in [1.82, 2.24) is 4.57 Å². The fraction of sp³-hybridized carbons (Fsp3) is 1.00. The molecule has 0 rings (SSSR count). The highest BCUT2D eigenvalue weighted by molar-refractivity contribution is 6.73. The molecular weight excluding hydrogens is 150 g/mol. The molecule has 0 radical (unpaired) electrons. The molecule has 0 saturated carbocycles. The molecule has 56 valence electrons. The van der Waals surface area contributed by atoms with Crippen molar-refractivity contribution in [3.05, 3.63) is 0 Å². The Morgan fingerprint density at radius 1 is 1.33 bits per heavy atom. The van der Waals surface area contributed by atoms with Gasteiger partial charge in [0, 0.05) is 12.4 Å². The van der Waals surface area contributed by atoms with Gasteiger partial charge in [0.15, 0.2) is 0 Å². The fourth-order valence-corrected chi connectivity index (χ4v) is 1.64. The van der Waals surface area contributed by atoms with Crippen LogP contribution in [-0.4, -0.2) is 32.3 Å². The summed E-state index contributed by atoms with van der Waals surface area (Å²) < 4.78 is 2.38. The minimum absolute atomic E-state index is 0.751. The van der Waals surface area contributed by atoms with E-state index in [0.717, 1.165) is 12.4 Å². The van der Waals surface area contributed by atoms with Crippen LogP contribution in [0, 0.1) is 0 Å². The molecule has 0 N–H and O–H groups in total. The van der Waals surface area contributed by atoms with Gasteiger partial charge in [0.05, 0.1) is 0 Å². The van der Waals surface area contributed by atoms with Crippen LogP contribution in [0.4, 0.5) is 0 Å². The minimum Gasteiger partial charge on any atom is -0.325 e. The topological polar surface area (TPSA) is 3.24 Å². The summed E-state index contributed by atoms with van der Waals surface area (Å²) in [6.45, 7) is 7.98. The Bertz CT molecular complexity index is 79.6. The number of hydrogen-bond donors (Lipinski definition) is 0. The normalized spacial score (nSPS) is 12.7. The third kappa shape index (κ3) is 3.95. The summed E-state index contributed by atoms with van der Waals surface area (Å²) >= 11 is 5.58. The Morgan fingerprint density at radius 3 is 1.89 bits per heavy atom. The highest BCUT2D eigenvalue weighted by Crippen LogP contribution is 2.05. The summed E-state index contributed by atoms with van der Waals surface area (Å²) in [6, 6.07) is 0. The molecule has 0 unspecified atom stereocenters. The molecule has 0 aliphatic rings. The highest BCUT2D eigenvalue weighted by atomic mass is 35.5. The molecule has 0 aromatic rings. The second kappa shape index (κ2) is 3.59. The van der Waals surface area contributed by atoms with E-state index >= 15 is 0 Å². The number of alkyl halides is 1. The molecule has 0 aliphatic heterocycles. The Morgan fingerprint density at radius 2 is 1.78 bits per heavy atom. The van der Waals surface area contributed by atoms with E-state index < -0.39 is 8.24 Å². The second-order valence-electron chi connectivity index (χ2n) is 3.28. The van der Waals surface area contributed by atoms with Crippen LogP contribution < -0.4 is 0 Å². The maximum absolute atomic E-state index is 5.58. The number of halogens is 1. The van der Waals surface area contributed by atoms with Crippen molar-refractivity contribution in [1.29, 1.82) is 0 Å². The van der Waals surface area contributed by atoms with Gasteiger partial charge in [-0.2, -0.15) is 0 Å². The van der Waals surface area contributed by atoms with Crippen LogP contribution >= 0.6 is 11.6 Å². The molecule has 0 aromatic carbocycles. The van der Waals surface area contributed by atoms with Gasteiger partial charge >= 0.3 is 0 Å². The van der Waals surface area contributed by atoms with Gasteiger partial charge in [0.2, 0.25) is 0 Å². The first kappa shape index (κ1) is 9.47. The maximum atomic E-state index is 5.58. The summed E-state index contributed by atoms with van der Waals surface area (Å²) in [4.78, 5) is 0. The molecule has 1 nitrogen and oxygen atoms in total. The molecular formula is C6H16ClNSi. The van der Waals surface area contributed by atoms with Gasteiger partial charge in [-0.05, 0) is 7.05 Å². The lowest BCUT2D eigenvalue weighted by Gasteiger charge is -2.28. The van der Waals surface area contributed by atoms with Crippen LogP contribution in [-0.2, 0) is 0 Å². The van der Waals surface area contributed by atoms with Crippen LogP contribution in [0.15, 0.2) is 0 Å². The van der Waals surface area contributed by atoms with E-state index in [1.807, 2.05) is 0 Å². The largest absolute Gasteiger partial charge is 0.325 e. The van der Waals surface area contributed by atoms with E-state index in [4.69, 9.17) is 11.6 Å². The zero-order valence-electron chi connectivity index (χ0n) is 6.74. The summed E-state index contributed by atoms with van der Waals surface area (Å²) in [6.07, 6.45) is 0. The van der Waals surface area contributed by atoms with E-state index in [9.17, 15) is 0 Å². The van der Waals surface area contributed by atoms with Gasteiger partial charge in [-0.15, -0.1) is 11.6 Å². The summed E-state index contributed by atoms with van der Waals surface area (Å²) in [7, 11) is 1.11. The second-order valence-corrected chi connectivity index (χ2v) is 8.76. The Hall–Kier alpha value is 0.467. The van der Waals surface area contributed by atoms with Gasteiger partial charge in [-0.3, -0.25) is 0 Å². The molecule has 0 aromatic heterocycles. The first-order chi connectivity index (χ1) is 3.98. The fourth-order valence-electron chi connectivity index (χ4n) is 0.462. The molecule has 0 bridgehead atoms. The van der Waals surface area contributed by atoms with Crippen LogP contribution in [0.2, 0.25) is 19.6 Å². The first-order valence-electron chi connectivity index (χ1n) is 3.25. The molecule has 0 fully saturated rings. The monoisotopic (exact) mass is 165 g/mol. The Labute approximate surface area is 64.1 Å². The van der Waals surface area contributed by atoms with Crippen molar-refractivity contribution >= 4 is 19.8 Å². The van der Waals surface area contributed by atoms with Crippen molar-refractivity contribution in [2.24, 2.45) is 0 Å². The lowest BCUT2D eigenvalue weighted by molar-refractivity contribution is 0.543. The molecule has 0 saturated heterocycles. The van der Waals surface area contributed by atoms with E-state index in [1.54, 1.807) is 0 Å². The summed E-state index contributed by atoms with van der Waals surface area (Å²) in [5.41, 5.74) is 0. The molecule has 0 spiro atoms. The van der Waals surface area contributed by atoms with Crippen LogP contribution in [0.5, 0.6) is 0 Å². The third-order valence-electron chi connectivity index (χ3n) is 1.57. The smallest absolute Gasteiger partial charge is 0.118 e. The number of hydrogen-bond acceptors (Lipinski definition) is 1. The average Bonchev–Trinajstić information content (AvgIpc) is 1.64. The quantitative estimate of drug-likeness (QED) is 0.457. The molecule has 3 heteroatoms. The van der Waals surface area contributed by atoms with E-state index in [1.165, 1.54) is 0 Å². The van der Waals surface area contributed by atoms with Gasteiger partial charge in [-0.25, -0.2) is 0 Å². The summed E-state index contributed by atoms with van der Waals surface area (Å²) in [5, 5.41) is 0. The van der Waals surface area contributed by atoms with E-state index in [0.29, 0.717) is 0 Å². The standard InChI is InChI=1S/C6H16ClNSi/c1-8(6-5-7)9(2,3)4/h5-6H2,1-4H3. The molecule has 9 heavy (non-hydrogen) atoms. The third-order valence-corrected chi connectivity index (χ3v) is 4.25. The molecule has 0 atom stereocenters. The zero-order chi connectivity index (χ0) is 7.49. The Balaban J connectivity index is 3.59. The van der Waals surface area contributed by atoms with Crippen molar-refractivity contribution in [2.75, 3.05) is 19.5 Å². The van der Waals surface area contributed by atoms with Crippen molar-refractivity contribution in [3.63, 3.8) is 0 Å². The van der Waals surface area contributed by atoms with Gasteiger partial charge in [0.1, 0.15) is 8.24 Å². The zero-order valence-corrected chi connectivity index (χ0v) is 8.50. The van der Waals surface area contributed by atoms with Gasteiger partial charge in [-0.1, -0.05) is 19.6 Å². The lowest BCUT2D eigenvalue weighted by Crippen LogP contribution is -2.43. The van der Waals surface area contributed by atoms with Gasteiger partial charge < -0.3 is 4.57 Å². The van der Waals surface area contributed by atoms with Crippen LogP contribution in [0.25, 0.3) is 0 Å². The molecule has 0 amide bonds. The van der Waals surface area contributed by atoms with E-state index in [-0.39, 0.29) is 0 Å². The lowest BCUT2D eigenvalue weighted by atomic mass is 10.8. The molecule has 0 aliphatic carbocycles. The van der Waals surface area contributed by atoms with Crippen LogP contribution in [0.1, 0.15) is 0 Å². The Kier molecular flexibility index (Phi) is 3.78. The predicted octanol–water partition coefficient (Wildman–Crippen LogP) is 1.99.